The minimum absolute atomic E-state index is 0.237. The third kappa shape index (κ3) is 4.99. The molecular weight excluding hydrogens is 246 g/mol. The van der Waals surface area contributed by atoms with Crippen molar-refractivity contribution in [1.82, 2.24) is 10.0 Å². The van der Waals surface area contributed by atoms with E-state index in [1.165, 1.54) is 0 Å². The molecule has 100 valence electrons. The lowest BCUT2D eigenvalue weighted by atomic mass is 9.99. The Bertz CT molecular complexity index is 362. The van der Waals surface area contributed by atoms with Crippen LogP contribution in [-0.4, -0.2) is 52.4 Å². The van der Waals surface area contributed by atoms with Gasteiger partial charge >= 0.3 is 0 Å². The van der Waals surface area contributed by atoms with Crippen LogP contribution in [0.15, 0.2) is 0 Å². The number of nitrogens with two attached hydrogens (primary N) is 1. The summed E-state index contributed by atoms with van der Waals surface area (Å²) in [5.41, 5.74) is 4.91. The molecule has 1 fully saturated rings. The molecule has 1 saturated heterocycles. The molecule has 0 saturated carbocycles. The van der Waals surface area contributed by atoms with Crippen LogP contribution in [-0.2, 0) is 19.6 Å². The van der Waals surface area contributed by atoms with Crippen LogP contribution in [0, 0.1) is 0 Å². The Morgan fingerprint density at radius 3 is 2.71 bits per heavy atom. The Morgan fingerprint density at radius 1 is 1.47 bits per heavy atom. The zero-order valence-corrected chi connectivity index (χ0v) is 10.7. The third-order valence-electron chi connectivity index (χ3n) is 2.51. The lowest BCUT2D eigenvalue weighted by Crippen LogP contribution is -2.54. The molecule has 0 radical (unpaired) electrons. The van der Waals surface area contributed by atoms with Crippen LogP contribution >= 0.6 is 0 Å². The smallest absolute Gasteiger partial charge is 0.242 e. The summed E-state index contributed by atoms with van der Waals surface area (Å²) in [4.78, 5) is 11.7. The fourth-order valence-corrected chi connectivity index (χ4v) is 2.00. The molecule has 1 aliphatic heterocycles. The molecule has 0 spiro atoms. The summed E-state index contributed by atoms with van der Waals surface area (Å²) >= 11 is 0. The Hall–Kier alpha value is -0.700. The van der Waals surface area contributed by atoms with E-state index in [1.54, 1.807) is 0 Å². The van der Waals surface area contributed by atoms with Gasteiger partial charge in [-0.3, -0.25) is 4.79 Å². The average Bonchev–Trinajstić information content (AvgIpc) is 2.64. The van der Waals surface area contributed by atoms with Gasteiger partial charge in [0.2, 0.25) is 15.9 Å². The van der Waals surface area contributed by atoms with Gasteiger partial charge in [0.25, 0.3) is 0 Å². The van der Waals surface area contributed by atoms with Gasteiger partial charge < -0.3 is 15.8 Å². The first kappa shape index (κ1) is 14.4. The van der Waals surface area contributed by atoms with Crippen LogP contribution in [0.4, 0.5) is 0 Å². The van der Waals surface area contributed by atoms with Crippen LogP contribution in [0.1, 0.15) is 12.8 Å². The van der Waals surface area contributed by atoms with Crippen molar-refractivity contribution >= 4 is 15.9 Å². The molecule has 1 heterocycles. The molecule has 1 amide bonds. The summed E-state index contributed by atoms with van der Waals surface area (Å²) in [5.74, 6) is -0.241. The zero-order chi connectivity index (χ0) is 12.9. The van der Waals surface area contributed by atoms with Gasteiger partial charge in [0.05, 0.1) is 12.9 Å². The predicted octanol–water partition coefficient (Wildman–Crippen LogP) is -1.84. The largest absolute Gasteiger partial charge is 0.379 e. The van der Waals surface area contributed by atoms with Gasteiger partial charge in [0.1, 0.15) is 5.54 Å². The SMILES string of the molecule is CS(=O)(=O)NCCCNC(=O)C1(N)CCOC1. The number of sulfonamides is 1. The van der Waals surface area contributed by atoms with E-state index in [2.05, 4.69) is 10.0 Å². The van der Waals surface area contributed by atoms with E-state index in [4.69, 9.17) is 10.5 Å². The van der Waals surface area contributed by atoms with Crippen LogP contribution < -0.4 is 15.8 Å². The van der Waals surface area contributed by atoms with Crippen molar-refractivity contribution < 1.29 is 17.9 Å². The minimum atomic E-state index is -3.16. The number of carbonyl (C=O) groups excluding carboxylic acids is 1. The van der Waals surface area contributed by atoms with Crippen molar-refractivity contribution in [2.45, 2.75) is 18.4 Å². The van der Waals surface area contributed by atoms with Crippen LogP contribution in [0.5, 0.6) is 0 Å². The maximum atomic E-state index is 11.7. The lowest BCUT2D eigenvalue weighted by Gasteiger charge is -2.20. The van der Waals surface area contributed by atoms with E-state index in [0.717, 1.165) is 6.26 Å². The average molecular weight is 265 g/mol. The van der Waals surface area contributed by atoms with E-state index < -0.39 is 15.6 Å². The number of rotatable bonds is 6. The maximum Gasteiger partial charge on any atom is 0.242 e. The van der Waals surface area contributed by atoms with Crippen molar-refractivity contribution in [2.75, 3.05) is 32.6 Å². The summed E-state index contributed by atoms with van der Waals surface area (Å²) in [6.45, 7) is 1.42. The summed E-state index contributed by atoms with van der Waals surface area (Å²) < 4.78 is 28.9. The van der Waals surface area contributed by atoms with Gasteiger partial charge in [-0.2, -0.15) is 0 Å². The van der Waals surface area contributed by atoms with E-state index in [-0.39, 0.29) is 12.5 Å². The Labute approximate surface area is 101 Å². The maximum absolute atomic E-state index is 11.7. The monoisotopic (exact) mass is 265 g/mol. The Morgan fingerprint density at radius 2 is 2.18 bits per heavy atom. The molecule has 1 unspecified atom stereocenters. The quantitative estimate of drug-likeness (QED) is 0.489. The second-order valence-electron chi connectivity index (χ2n) is 4.23. The van der Waals surface area contributed by atoms with Gasteiger partial charge in [-0.25, -0.2) is 13.1 Å². The van der Waals surface area contributed by atoms with Gasteiger partial charge in [0, 0.05) is 19.7 Å². The van der Waals surface area contributed by atoms with Gasteiger partial charge in [-0.1, -0.05) is 0 Å². The number of carbonyl (C=O) groups is 1. The molecule has 0 aromatic heterocycles. The number of hydrogen-bond donors (Lipinski definition) is 3. The minimum Gasteiger partial charge on any atom is -0.379 e. The first-order valence-corrected chi connectivity index (χ1v) is 7.32. The van der Waals surface area contributed by atoms with E-state index in [1.807, 2.05) is 0 Å². The van der Waals surface area contributed by atoms with Crippen molar-refractivity contribution in [3.8, 4) is 0 Å². The molecule has 4 N–H and O–H groups in total. The highest BCUT2D eigenvalue weighted by Gasteiger charge is 2.37. The second kappa shape index (κ2) is 5.76. The van der Waals surface area contributed by atoms with Crippen LogP contribution in [0.25, 0.3) is 0 Å². The molecule has 0 aromatic rings. The van der Waals surface area contributed by atoms with Gasteiger partial charge in [-0.15, -0.1) is 0 Å². The molecule has 17 heavy (non-hydrogen) atoms. The van der Waals surface area contributed by atoms with Gasteiger partial charge in [0.15, 0.2) is 0 Å². The van der Waals surface area contributed by atoms with Crippen LogP contribution in [0.2, 0.25) is 0 Å². The first-order valence-electron chi connectivity index (χ1n) is 5.43. The van der Waals surface area contributed by atoms with Gasteiger partial charge in [-0.05, 0) is 12.8 Å². The highest BCUT2D eigenvalue weighted by atomic mass is 32.2. The number of hydrogen-bond acceptors (Lipinski definition) is 5. The molecule has 1 rings (SSSR count). The van der Waals surface area contributed by atoms with Crippen molar-refractivity contribution in [3.05, 3.63) is 0 Å². The normalized spacial score (nSPS) is 24.8. The topological polar surface area (TPSA) is 111 Å². The third-order valence-corrected chi connectivity index (χ3v) is 3.24. The summed E-state index contributed by atoms with van der Waals surface area (Å²) in [6, 6.07) is 0. The highest BCUT2D eigenvalue weighted by molar-refractivity contribution is 7.88. The van der Waals surface area contributed by atoms with Crippen LogP contribution in [0.3, 0.4) is 0 Å². The van der Waals surface area contributed by atoms with Crippen molar-refractivity contribution in [2.24, 2.45) is 5.73 Å². The molecule has 8 heteroatoms. The second-order valence-corrected chi connectivity index (χ2v) is 6.07. The number of amides is 1. The standard InChI is InChI=1S/C9H19N3O4S/c1-17(14,15)12-5-2-4-11-8(13)9(10)3-6-16-7-9/h12H,2-7,10H2,1H3,(H,11,13). The molecule has 0 aliphatic carbocycles. The molecular formula is C9H19N3O4S. The molecule has 0 aromatic carbocycles. The van der Waals surface area contributed by atoms with E-state index >= 15 is 0 Å². The van der Waals surface area contributed by atoms with Crippen molar-refractivity contribution in [3.63, 3.8) is 0 Å². The van der Waals surface area contributed by atoms with Crippen molar-refractivity contribution in [1.29, 1.82) is 0 Å². The number of ether oxygens (including phenoxy) is 1. The summed E-state index contributed by atoms with van der Waals surface area (Å²) in [6.07, 6.45) is 2.13. The lowest BCUT2D eigenvalue weighted by molar-refractivity contribution is -0.126. The molecule has 1 aliphatic rings. The Kier molecular flexibility index (Phi) is 4.87. The fraction of sp³-hybridized carbons (Fsp3) is 0.889. The summed E-state index contributed by atoms with van der Waals surface area (Å²) in [5, 5.41) is 2.67. The summed E-state index contributed by atoms with van der Waals surface area (Å²) in [7, 11) is -3.16. The predicted molar refractivity (Wildman–Crippen MR) is 62.8 cm³/mol. The van der Waals surface area contributed by atoms with E-state index in [0.29, 0.717) is 32.5 Å². The Balaban J connectivity index is 2.16. The first-order chi connectivity index (χ1) is 7.83. The number of nitrogens with one attached hydrogen (secondary N) is 2. The molecule has 0 bridgehead atoms. The fourth-order valence-electron chi connectivity index (χ4n) is 1.48. The zero-order valence-electron chi connectivity index (χ0n) is 9.86. The molecule has 7 nitrogen and oxygen atoms in total. The van der Waals surface area contributed by atoms with E-state index in [9.17, 15) is 13.2 Å². The highest BCUT2D eigenvalue weighted by Crippen LogP contribution is 2.15. The molecule has 1 atom stereocenters.